The maximum absolute atomic E-state index is 5.87. The summed E-state index contributed by atoms with van der Waals surface area (Å²) < 4.78 is 5.87. The monoisotopic (exact) mass is 287 g/mol. The highest BCUT2D eigenvalue weighted by Gasteiger charge is 2.24. The lowest BCUT2D eigenvalue weighted by Crippen LogP contribution is -2.48. The molecule has 1 heterocycles. The van der Waals surface area contributed by atoms with Crippen LogP contribution in [0, 0.1) is 10.8 Å². The van der Waals surface area contributed by atoms with Crippen LogP contribution in [0.25, 0.3) is 0 Å². The Labute approximate surface area is 126 Å². The van der Waals surface area contributed by atoms with Gasteiger partial charge in [0, 0.05) is 43.6 Å². The third-order valence-electron chi connectivity index (χ3n) is 3.40. The molecule has 0 aromatic carbocycles. The average molecular weight is 287 g/mol. The topological polar surface area (TPSA) is 50.5 Å². The molecule has 122 valence electrons. The molecular weight excluding hydrogens is 250 g/mol. The minimum atomic E-state index is 0.0884. The zero-order chi connectivity index (χ0) is 15.6. The van der Waals surface area contributed by atoms with Crippen molar-refractivity contribution in [1.29, 1.82) is 0 Å². The average Bonchev–Trinajstić information content (AvgIpc) is 2.41. The highest BCUT2D eigenvalue weighted by atomic mass is 16.5. The Bertz CT molecular complexity index is 236. The van der Waals surface area contributed by atoms with Gasteiger partial charge in [-0.3, -0.25) is 0 Å². The second kappa shape index (κ2) is 9.72. The standard InChI is InChI=1S/C14H31N3O.C2H6/c1-13(2,9-15)11-18-12-14(3,4)10-17-7-5-16-6-8-17;1-2/h16H,5-12,15H2,1-4H3;1-2H3. The van der Waals surface area contributed by atoms with Crippen LogP contribution in [-0.4, -0.2) is 57.4 Å². The molecule has 4 nitrogen and oxygen atoms in total. The van der Waals surface area contributed by atoms with Gasteiger partial charge in [-0.25, -0.2) is 0 Å². The smallest absolute Gasteiger partial charge is 0.0529 e. The van der Waals surface area contributed by atoms with E-state index < -0.39 is 0 Å². The summed E-state index contributed by atoms with van der Waals surface area (Å²) in [4.78, 5) is 2.52. The summed E-state index contributed by atoms with van der Waals surface area (Å²) in [6.45, 7) is 20.7. The second-order valence-electron chi connectivity index (χ2n) is 7.05. The van der Waals surface area contributed by atoms with E-state index in [0.29, 0.717) is 6.54 Å². The molecule has 0 radical (unpaired) electrons. The molecule has 3 N–H and O–H groups in total. The second-order valence-corrected chi connectivity index (χ2v) is 7.05. The Hall–Kier alpha value is -0.160. The molecule has 0 saturated carbocycles. The first kappa shape index (κ1) is 19.8. The summed E-state index contributed by atoms with van der Waals surface area (Å²) in [5.74, 6) is 0. The predicted octanol–water partition coefficient (Wildman–Crippen LogP) is 1.95. The molecule has 0 bridgehead atoms. The van der Waals surface area contributed by atoms with Crippen LogP contribution in [0.4, 0.5) is 0 Å². The van der Waals surface area contributed by atoms with Gasteiger partial charge in [-0.15, -0.1) is 0 Å². The van der Waals surface area contributed by atoms with Gasteiger partial charge in [-0.1, -0.05) is 41.5 Å². The van der Waals surface area contributed by atoms with E-state index in [2.05, 4.69) is 37.9 Å². The highest BCUT2D eigenvalue weighted by molar-refractivity contribution is 4.77. The molecule has 0 aliphatic carbocycles. The molecule has 1 aliphatic rings. The molecule has 0 aromatic heterocycles. The number of rotatable bonds is 7. The quantitative estimate of drug-likeness (QED) is 0.751. The minimum Gasteiger partial charge on any atom is -0.380 e. The Balaban J connectivity index is 0.00000172. The third kappa shape index (κ3) is 8.90. The van der Waals surface area contributed by atoms with Crippen LogP contribution in [0.5, 0.6) is 0 Å². The van der Waals surface area contributed by atoms with E-state index in [1.165, 1.54) is 0 Å². The van der Waals surface area contributed by atoms with Crippen molar-refractivity contribution < 1.29 is 4.74 Å². The SMILES string of the molecule is CC.CC(C)(CN)COCC(C)(C)CN1CCNCC1. The van der Waals surface area contributed by atoms with Gasteiger partial charge in [0.15, 0.2) is 0 Å². The maximum Gasteiger partial charge on any atom is 0.0529 e. The van der Waals surface area contributed by atoms with Crippen molar-refractivity contribution in [3.05, 3.63) is 0 Å². The molecule has 20 heavy (non-hydrogen) atoms. The third-order valence-corrected chi connectivity index (χ3v) is 3.40. The number of nitrogens with one attached hydrogen (secondary N) is 1. The fraction of sp³-hybridized carbons (Fsp3) is 1.00. The number of hydrogen-bond acceptors (Lipinski definition) is 4. The van der Waals surface area contributed by atoms with Gasteiger partial charge in [0.05, 0.1) is 13.2 Å². The molecule has 0 atom stereocenters. The summed E-state index contributed by atoms with van der Waals surface area (Å²) in [6.07, 6.45) is 0. The molecule has 1 fully saturated rings. The first-order valence-electron chi connectivity index (χ1n) is 8.06. The largest absolute Gasteiger partial charge is 0.380 e. The predicted molar refractivity (Wildman–Crippen MR) is 88.1 cm³/mol. The van der Waals surface area contributed by atoms with E-state index in [-0.39, 0.29) is 10.8 Å². The zero-order valence-corrected chi connectivity index (χ0v) is 14.6. The first-order chi connectivity index (χ1) is 9.35. The van der Waals surface area contributed by atoms with Crippen molar-refractivity contribution in [3.63, 3.8) is 0 Å². The molecule has 0 unspecified atom stereocenters. The van der Waals surface area contributed by atoms with Crippen LogP contribution in [0.15, 0.2) is 0 Å². The molecule has 1 saturated heterocycles. The van der Waals surface area contributed by atoms with Crippen LogP contribution in [0.2, 0.25) is 0 Å². The van der Waals surface area contributed by atoms with Gasteiger partial charge >= 0.3 is 0 Å². The molecule has 1 rings (SSSR count). The summed E-state index contributed by atoms with van der Waals surface area (Å²) in [6, 6.07) is 0. The Morgan fingerprint density at radius 2 is 1.50 bits per heavy atom. The number of nitrogens with zero attached hydrogens (tertiary/aromatic N) is 1. The fourth-order valence-corrected chi connectivity index (χ4v) is 2.18. The Kier molecular flexibility index (Phi) is 9.64. The molecule has 0 amide bonds. The van der Waals surface area contributed by atoms with Crippen LogP contribution in [-0.2, 0) is 4.74 Å². The number of piperazine rings is 1. The van der Waals surface area contributed by atoms with Crippen LogP contribution in [0.1, 0.15) is 41.5 Å². The first-order valence-corrected chi connectivity index (χ1v) is 8.06. The van der Waals surface area contributed by atoms with E-state index in [4.69, 9.17) is 10.5 Å². The zero-order valence-electron chi connectivity index (χ0n) is 14.6. The van der Waals surface area contributed by atoms with Crippen molar-refractivity contribution in [1.82, 2.24) is 10.2 Å². The molecule has 0 spiro atoms. The van der Waals surface area contributed by atoms with Gasteiger partial charge in [0.25, 0.3) is 0 Å². The molecule has 4 heteroatoms. The van der Waals surface area contributed by atoms with Crippen molar-refractivity contribution in [2.75, 3.05) is 52.5 Å². The highest BCUT2D eigenvalue weighted by Crippen LogP contribution is 2.20. The number of nitrogens with two attached hydrogens (primary N) is 1. The number of hydrogen-bond donors (Lipinski definition) is 2. The lowest BCUT2D eigenvalue weighted by Gasteiger charge is -2.35. The van der Waals surface area contributed by atoms with Crippen molar-refractivity contribution in [3.8, 4) is 0 Å². The molecule has 0 aromatic rings. The Morgan fingerprint density at radius 1 is 1.00 bits per heavy atom. The normalized spacial score (nSPS) is 17.6. The number of ether oxygens (including phenoxy) is 1. The van der Waals surface area contributed by atoms with E-state index in [9.17, 15) is 0 Å². The van der Waals surface area contributed by atoms with Crippen LogP contribution >= 0.6 is 0 Å². The van der Waals surface area contributed by atoms with Gasteiger partial charge in [0.2, 0.25) is 0 Å². The van der Waals surface area contributed by atoms with Crippen LogP contribution in [0.3, 0.4) is 0 Å². The molecular formula is C16H37N3O. The van der Waals surface area contributed by atoms with Crippen molar-refractivity contribution in [2.24, 2.45) is 16.6 Å². The van der Waals surface area contributed by atoms with Gasteiger partial charge in [-0.2, -0.15) is 0 Å². The summed E-state index contributed by atoms with van der Waals surface area (Å²) >= 11 is 0. The van der Waals surface area contributed by atoms with Crippen LogP contribution < -0.4 is 11.1 Å². The van der Waals surface area contributed by atoms with E-state index >= 15 is 0 Å². The van der Waals surface area contributed by atoms with E-state index in [1.807, 2.05) is 13.8 Å². The van der Waals surface area contributed by atoms with Crippen molar-refractivity contribution in [2.45, 2.75) is 41.5 Å². The van der Waals surface area contributed by atoms with E-state index in [0.717, 1.165) is 45.9 Å². The van der Waals surface area contributed by atoms with Crippen molar-refractivity contribution >= 4 is 0 Å². The fourth-order valence-electron chi connectivity index (χ4n) is 2.18. The van der Waals surface area contributed by atoms with E-state index in [1.54, 1.807) is 0 Å². The Morgan fingerprint density at radius 3 is 2.00 bits per heavy atom. The minimum absolute atomic E-state index is 0.0884. The summed E-state index contributed by atoms with van der Waals surface area (Å²) in [7, 11) is 0. The lowest BCUT2D eigenvalue weighted by molar-refractivity contribution is 0.00328. The lowest BCUT2D eigenvalue weighted by atomic mass is 9.92. The maximum atomic E-state index is 5.87. The van der Waals surface area contributed by atoms with Gasteiger partial charge in [-0.05, 0) is 6.54 Å². The van der Waals surface area contributed by atoms with Gasteiger partial charge in [0.1, 0.15) is 0 Å². The summed E-state index contributed by atoms with van der Waals surface area (Å²) in [5, 5.41) is 3.38. The van der Waals surface area contributed by atoms with Gasteiger partial charge < -0.3 is 20.7 Å². The molecule has 1 aliphatic heterocycles. The summed E-state index contributed by atoms with van der Waals surface area (Å²) in [5.41, 5.74) is 6.01.